The summed E-state index contributed by atoms with van der Waals surface area (Å²) in [6.45, 7) is 1.41. The van der Waals surface area contributed by atoms with Crippen molar-refractivity contribution < 1.29 is 14.3 Å². The van der Waals surface area contributed by atoms with Crippen molar-refractivity contribution in [2.24, 2.45) is 5.92 Å². The number of hydrogen-bond acceptors (Lipinski definition) is 5. The number of thiophene rings is 1. The standard InChI is InChI=1S/C17H18N2O3S/c20-16(13-5-7-18-8-6-13)19-9-1-3-14(11-19)17(21)22-12-15-4-2-10-23-15/h2,4-8,10,14H,1,3,9,11-12H2/t14-/m0/s1. The number of carbonyl (C=O) groups is 2. The molecule has 2 aromatic heterocycles. The Bertz CT molecular complexity index is 658. The van der Waals surface area contributed by atoms with Gasteiger partial charge in [-0.25, -0.2) is 0 Å². The molecule has 0 saturated carbocycles. The molecule has 0 aliphatic carbocycles. The largest absolute Gasteiger partial charge is 0.460 e. The van der Waals surface area contributed by atoms with Gasteiger partial charge in [0.25, 0.3) is 5.91 Å². The monoisotopic (exact) mass is 330 g/mol. The minimum atomic E-state index is -0.241. The lowest BCUT2D eigenvalue weighted by atomic mass is 9.97. The molecule has 0 radical (unpaired) electrons. The van der Waals surface area contributed by atoms with E-state index in [4.69, 9.17) is 4.74 Å². The number of rotatable bonds is 4. The summed E-state index contributed by atoms with van der Waals surface area (Å²) in [6.07, 6.45) is 4.78. The van der Waals surface area contributed by atoms with Crippen molar-refractivity contribution in [3.63, 3.8) is 0 Å². The first-order chi connectivity index (χ1) is 11.2. The first kappa shape index (κ1) is 15.7. The first-order valence-corrected chi connectivity index (χ1v) is 8.50. The molecular weight excluding hydrogens is 312 g/mol. The van der Waals surface area contributed by atoms with Gasteiger partial charge >= 0.3 is 5.97 Å². The van der Waals surface area contributed by atoms with E-state index in [1.165, 1.54) is 0 Å². The van der Waals surface area contributed by atoms with E-state index in [-0.39, 0.29) is 17.8 Å². The summed E-state index contributed by atoms with van der Waals surface area (Å²) in [5.41, 5.74) is 0.604. The molecule has 5 nitrogen and oxygen atoms in total. The van der Waals surface area contributed by atoms with Gasteiger partial charge in [0, 0.05) is 35.9 Å². The number of hydrogen-bond donors (Lipinski definition) is 0. The number of aromatic nitrogens is 1. The zero-order chi connectivity index (χ0) is 16.1. The van der Waals surface area contributed by atoms with Gasteiger partial charge in [0.2, 0.25) is 0 Å². The molecule has 120 valence electrons. The predicted octanol–water partition coefficient (Wildman–Crippen LogP) is 2.74. The number of nitrogens with zero attached hydrogens (tertiary/aromatic N) is 2. The normalized spacial score (nSPS) is 17.7. The van der Waals surface area contributed by atoms with Gasteiger partial charge in [0.15, 0.2) is 0 Å². The Morgan fingerprint density at radius 3 is 2.87 bits per heavy atom. The Labute approximate surface area is 138 Å². The van der Waals surface area contributed by atoms with Gasteiger partial charge in [0.1, 0.15) is 6.61 Å². The van der Waals surface area contributed by atoms with Crippen molar-refractivity contribution in [1.82, 2.24) is 9.88 Å². The van der Waals surface area contributed by atoms with Gasteiger partial charge in [-0.1, -0.05) is 6.07 Å². The van der Waals surface area contributed by atoms with Crippen molar-refractivity contribution in [3.05, 3.63) is 52.5 Å². The fourth-order valence-corrected chi connectivity index (χ4v) is 3.30. The molecule has 2 aromatic rings. The summed E-state index contributed by atoms with van der Waals surface area (Å²) in [5.74, 6) is -0.511. The Kier molecular flexibility index (Phi) is 5.02. The van der Waals surface area contributed by atoms with Crippen LogP contribution in [0.25, 0.3) is 0 Å². The smallest absolute Gasteiger partial charge is 0.311 e. The van der Waals surface area contributed by atoms with E-state index in [1.54, 1.807) is 40.8 Å². The number of likely N-dealkylation sites (tertiary alicyclic amines) is 1. The summed E-state index contributed by atoms with van der Waals surface area (Å²) >= 11 is 1.57. The highest BCUT2D eigenvalue weighted by Gasteiger charge is 2.30. The van der Waals surface area contributed by atoms with Crippen molar-refractivity contribution in [1.29, 1.82) is 0 Å². The number of carbonyl (C=O) groups excluding carboxylic acids is 2. The van der Waals surface area contributed by atoms with Crippen molar-refractivity contribution in [3.8, 4) is 0 Å². The lowest BCUT2D eigenvalue weighted by molar-refractivity contribution is -0.151. The van der Waals surface area contributed by atoms with Crippen LogP contribution in [0.5, 0.6) is 0 Å². The van der Waals surface area contributed by atoms with Crippen LogP contribution in [0.4, 0.5) is 0 Å². The fourth-order valence-electron chi connectivity index (χ4n) is 2.69. The number of ether oxygens (including phenoxy) is 1. The third kappa shape index (κ3) is 3.96. The average Bonchev–Trinajstić information content (AvgIpc) is 3.13. The quantitative estimate of drug-likeness (QED) is 0.809. The molecule has 1 saturated heterocycles. The van der Waals surface area contributed by atoms with Crippen LogP contribution in [-0.2, 0) is 16.1 Å². The molecule has 1 amide bonds. The maximum Gasteiger partial charge on any atom is 0.311 e. The first-order valence-electron chi connectivity index (χ1n) is 7.62. The average molecular weight is 330 g/mol. The van der Waals surface area contributed by atoms with Crippen LogP contribution in [0.3, 0.4) is 0 Å². The second-order valence-electron chi connectivity index (χ2n) is 5.51. The number of pyridine rings is 1. The van der Waals surface area contributed by atoms with E-state index in [2.05, 4.69) is 4.98 Å². The fraction of sp³-hybridized carbons (Fsp3) is 0.353. The highest BCUT2D eigenvalue weighted by Crippen LogP contribution is 2.21. The summed E-state index contributed by atoms with van der Waals surface area (Å²) < 4.78 is 5.38. The molecule has 1 fully saturated rings. The van der Waals surface area contributed by atoms with Gasteiger partial charge in [-0.2, -0.15) is 0 Å². The van der Waals surface area contributed by atoms with E-state index in [0.717, 1.165) is 17.7 Å². The van der Waals surface area contributed by atoms with Crippen molar-refractivity contribution in [2.75, 3.05) is 13.1 Å². The molecule has 1 aliphatic heterocycles. The summed E-state index contributed by atoms with van der Waals surface area (Å²) in [4.78, 5) is 31.4. The van der Waals surface area contributed by atoms with Crippen LogP contribution >= 0.6 is 11.3 Å². The second-order valence-corrected chi connectivity index (χ2v) is 6.55. The van der Waals surface area contributed by atoms with Gasteiger partial charge in [-0.3, -0.25) is 14.6 Å². The van der Waals surface area contributed by atoms with Crippen molar-refractivity contribution in [2.45, 2.75) is 19.4 Å². The zero-order valence-electron chi connectivity index (χ0n) is 12.7. The third-order valence-electron chi connectivity index (χ3n) is 3.91. The van der Waals surface area contributed by atoms with E-state index in [0.29, 0.717) is 25.3 Å². The Morgan fingerprint density at radius 1 is 1.30 bits per heavy atom. The van der Waals surface area contributed by atoms with Gasteiger partial charge in [-0.15, -0.1) is 11.3 Å². The maximum atomic E-state index is 12.5. The van der Waals surface area contributed by atoms with Crippen LogP contribution in [0.15, 0.2) is 42.0 Å². The molecule has 0 unspecified atom stereocenters. The molecule has 6 heteroatoms. The van der Waals surface area contributed by atoms with Crippen LogP contribution in [0.1, 0.15) is 28.1 Å². The highest BCUT2D eigenvalue weighted by molar-refractivity contribution is 7.09. The predicted molar refractivity (Wildman–Crippen MR) is 87.0 cm³/mol. The van der Waals surface area contributed by atoms with Crippen LogP contribution < -0.4 is 0 Å². The Balaban J connectivity index is 1.57. The van der Waals surface area contributed by atoms with Crippen molar-refractivity contribution >= 4 is 23.2 Å². The Hall–Kier alpha value is -2.21. The van der Waals surface area contributed by atoms with E-state index in [9.17, 15) is 9.59 Å². The third-order valence-corrected chi connectivity index (χ3v) is 4.76. The van der Waals surface area contributed by atoms with Gasteiger partial charge in [0.05, 0.1) is 5.92 Å². The lowest BCUT2D eigenvalue weighted by Crippen LogP contribution is -2.42. The topological polar surface area (TPSA) is 59.5 Å². The molecule has 0 N–H and O–H groups in total. The molecule has 23 heavy (non-hydrogen) atoms. The minimum absolute atomic E-state index is 0.0526. The summed E-state index contributed by atoms with van der Waals surface area (Å²) in [6, 6.07) is 7.27. The van der Waals surface area contributed by atoms with E-state index >= 15 is 0 Å². The summed E-state index contributed by atoms with van der Waals surface area (Å²) in [5, 5.41) is 1.96. The SMILES string of the molecule is O=C(OCc1cccs1)[C@H]1CCCN(C(=O)c2ccncc2)C1. The molecular formula is C17H18N2O3S. The molecule has 1 atom stereocenters. The molecule has 0 spiro atoms. The Morgan fingerprint density at radius 2 is 2.13 bits per heavy atom. The minimum Gasteiger partial charge on any atom is -0.460 e. The number of esters is 1. The van der Waals surface area contributed by atoms with E-state index < -0.39 is 0 Å². The van der Waals surface area contributed by atoms with Gasteiger partial charge < -0.3 is 9.64 Å². The molecule has 3 rings (SSSR count). The van der Waals surface area contributed by atoms with Crippen LogP contribution in [0.2, 0.25) is 0 Å². The maximum absolute atomic E-state index is 12.5. The van der Waals surface area contributed by atoms with Crippen LogP contribution in [-0.4, -0.2) is 34.8 Å². The molecule has 0 bridgehead atoms. The second kappa shape index (κ2) is 7.37. The number of amides is 1. The molecule has 3 heterocycles. The zero-order valence-corrected chi connectivity index (χ0v) is 13.5. The van der Waals surface area contributed by atoms with Crippen LogP contribution in [0, 0.1) is 5.92 Å². The summed E-state index contributed by atoms with van der Waals surface area (Å²) in [7, 11) is 0. The highest BCUT2D eigenvalue weighted by atomic mass is 32.1. The van der Waals surface area contributed by atoms with E-state index in [1.807, 2.05) is 17.5 Å². The van der Waals surface area contributed by atoms with Gasteiger partial charge in [-0.05, 0) is 36.4 Å². The number of piperidine rings is 1. The molecule has 0 aromatic carbocycles. The lowest BCUT2D eigenvalue weighted by Gasteiger charge is -2.31. The molecule has 1 aliphatic rings.